The van der Waals surface area contributed by atoms with Crippen LogP contribution in [0.3, 0.4) is 0 Å². The molecule has 2 aliphatic carbocycles. The first-order valence-corrected chi connectivity index (χ1v) is 12.6. The summed E-state index contributed by atoms with van der Waals surface area (Å²) in [6.07, 6.45) is 8.09. The summed E-state index contributed by atoms with van der Waals surface area (Å²) in [5, 5.41) is 28.6. The highest BCUT2D eigenvalue weighted by atomic mass is 19.1. The van der Waals surface area contributed by atoms with E-state index in [0.29, 0.717) is 23.4 Å². The summed E-state index contributed by atoms with van der Waals surface area (Å²) in [6, 6.07) is 14.1. The number of benzene rings is 2. The number of halogens is 1. The molecule has 0 spiro atoms. The molecule has 1 aromatic heterocycles. The van der Waals surface area contributed by atoms with Gasteiger partial charge in [0, 0.05) is 19.2 Å². The van der Waals surface area contributed by atoms with Crippen molar-refractivity contribution in [3.8, 4) is 16.9 Å². The summed E-state index contributed by atoms with van der Waals surface area (Å²) in [7, 11) is 0. The third-order valence-electron chi connectivity index (χ3n) is 7.19. The van der Waals surface area contributed by atoms with Crippen molar-refractivity contribution in [1.82, 2.24) is 4.98 Å². The molecule has 1 unspecified atom stereocenters. The molecular formula is C29H35FN2O4. The van der Waals surface area contributed by atoms with E-state index in [1.165, 1.54) is 18.0 Å². The van der Waals surface area contributed by atoms with Crippen LogP contribution < -0.4 is 10.5 Å². The van der Waals surface area contributed by atoms with Crippen LogP contribution in [0.15, 0.2) is 60.9 Å². The number of fused-ring (bicyclic) bond motifs is 2. The molecule has 3 aromatic rings. The van der Waals surface area contributed by atoms with Crippen LogP contribution in [-0.4, -0.2) is 33.2 Å². The van der Waals surface area contributed by atoms with Crippen molar-refractivity contribution in [2.75, 3.05) is 6.61 Å². The standard InChI is InChI=1S/C22H23FN2O4.C7H12/c23-20-12-25-7-6-15(20)10-21(26)16-4-5-17(11-24)19(9-16)14-2-1-3-18(8-14)29-13-22(27)28;1-2-7-4-3-6(1)5-7/h1-9,12,21-22,26-28H,10-11,13,24H2;6-7H,1-5H2. The molecule has 2 saturated carbocycles. The van der Waals surface area contributed by atoms with Gasteiger partial charge in [-0.1, -0.05) is 49.9 Å². The molecule has 7 heteroatoms. The maximum Gasteiger partial charge on any atom is 0.186 e. The minimum atomic E-state index is -1.56. The summed E-state index contributed by atoms with van der Waals surface area (Å²) in [5.74, 6) is 2.36. The van der Waals surface area contributed by atoms with Gasteiger partial charge in [0.2, 0.25) is 0 Å². The highest BCUT2D eigenvalue weighted by Crippen LogP contribution is 2.43. The van der Waals surface area contributed by atoms with Gasteiger partial charge in [0.25, 0.3) is 0 Å². The number of aliphatic hydroxyl groups is 3. The maximum absolute atomic E-state index is 13.9. The molecule has 0 amide bonds. The fourth-order valence-corrected chi connectivity index (χ4v) is 5.24. The lowest BCUT2D eigenvalue weighted by atomic mass is 9.93. The zero-order valence-electron chi connectivity index (χ0n) is 20.4. The number of rotatable bonds is 8. The summed E-state index contributed by atoms with van der Waals surface area (Å²) < 4.78 is 19.2. The van der Waals surface area contributed by atoms with Crippen LogP contribution in [0, 0.1) is 17.7 Å². The number of nitrogens with two attached hydrogens (primary N) is 1. The van der Waals surface area contributed by atoms with Crippen molar-refractivity contribution in [3.63, 3.8) is 0 Å². The summed E-state index contributed by atoms with van der Waals surface area (Å²) in [5.41, 5.74) is 9.38. The van der Waals surface area contributed by atoms with Crippen LogP contribution in [0.4, 0.5) is 4.39 Å². The quantitative estimate of drug-likeness (QED) is 0.343. The largest absolute Gasteiger partial charge is 0.488 e. The highest BCUT2D eigenvalue weighted by molar-refractivity contribution is 5.69. The molecule has 2 aromatic carbocycles. The minimum absolute atomic E-state index is 0.118. The summed E-state index contributed by atoms with van der Waals surface area (Å²) >= 11 is 0. The fourth-order valence-electron chi connectivity index (χ4n) is 5.24. The SMILES string of the molecule is C1CC2CCC1C2.NCc1ccc(C(O)Cc2ccncc2F)cc1-c1cccc(OCC(O)O)c1. The van der Waals surface area contributed by atoms with Crippen LogP contribution in [-0.2, 0) is 13.0 Å². The van der Waals surface area contributed by atoms with E-state index < -0.39 is 18.2 Å². The molecule has 36 heavy (non-hydrogen) atoms. The zero-order chi connectivity index (χ0) is 25.5. The van der Waals surface area contributed by atoms with Crippen molar-refractivity contribution in [2.45, 2.75) is 57.5 Å². The van der Waals surface area contributed by atoms with E-state index in [4.69, 9.17) is 20.7 Å². The zero-order valence-corrected chi connectivity index (χ0v) is 20.4. The maximum atomic E-state index is 13.9. The van der Waals surface area contributed by atoms with E-state index in [-0.39, 0.29) is 13.0 Å². The molecular weight excluding hydrogens is 459 g/mol. The number of nitrogens with zero attached hydrogens (tertiary/aromatic N) is 1. The number of hydrogen-bond donors (Lipinski definition) is 4. The van der Waals surface area contributed by atoms with Crippen molar-refractivity contribution < 1.29 is 24.4 Å². The number of aliphatic hydroxyl groups excluding tert-OH is 2. The van der Waals surface area contributed by atoms with Gasteiger partial charge in [-0.15, -0.1) is 0 Å². The Labute approximate surface area is 211 Å². The molecule has 1 heterocycles. The van der Waals surface area contributed by atoms with Gasteiger partial charge >= 0.3 is 0 Å². The Balaban J connectivity index is 0.000000367. The molecule has 5 rings (SSSR count). The van der Waals surface area contributed by atoms with E-state index >= 15 is 0 Å². The van der Waals surface area contributed by atoms with E-state index in [0.717, 1.165) is 22.9 Å². The third-order valence-corrected chi connectivity index (χ3v) is 7.19. The minimum Gasteiger partial charge on any atom is -0.488 e. The Morgan fingerprint density at radius 3 is 2.33 bits per heavy atom. The van der Waals surface area contributed by atoms with Gasteiger partial charge in [0.05, 0.1) is 12.3 Å². The Morgan fingerprint density at radius 1 is 0.972 bits per heavy atom. The Morgan fingerprint density at radius 2 is 1.72 bits per heavy atom. The van der Waals surface area contributed by atoms with Gasteiger partial charge in [0.15, 0.2) is 6.29 Å². The second kappa shape index (κ2) is 12.4. The van der Waals surface area contributed by atoms with Crippen LogP contribution >= 0.6 is 0 Å². The lowest BCUT2D eigenvalue weighted by Gasteiger charge is -2.16. The monoisotopic (exact) mass is 494 g/mol. The van der Waals surface area contributed by atoms with Gasteiger partial charge in [-0.05, 0) is 70.3 Å². The van der Waals surface area contributed by atoms with Crippen molar-refractivity contribution in [2.24, 2.45) is 17.6 Å². The lowest BCUT2D eigenvalue weighted by molar-refractivity contribution is -0.0680. The number of pyridine rings is 1. The first kappa shape index (κ1) is 26.2. The van der Waals surface area contributed by atoms with Gasteiger partial charge < -0.3 is 25.8 Å². The Kier molecular flexibility index (Phi) is 9.04. The number of aromatic nitrogens is 1. The van der Waals surface area contributed by atoms with Crippen molar-refractivity contribution in [3.05, 3.63) is 83.4 Å². The molecule has 2 fully saturated rings. The van der Waals surface area contributed by atoms with Crippen LogP contribution in [0.25, 0.3) is 11.1 Å². The average Bonchev–Trinajstić information content (AvgIpc) is 3.55. The molecule has 1 atom stereocenters. The Bertz CT molecular complexity index is 1120. The number of ether oxygens (including phenoxy) is 1. The van der Waals surface area contributed by atoms with Crippen LogP contribution in [0.2, 0.25) is 0 Å². The van der Waals surface area contributed by atoms with E-state index in [9.17, 15) is 9.50 Å². The first-order valence-electron chi connectivity index (χ1n) is 12.6. The molecule has 2 bridgehead atoms. The van der Waals surface area contributed by atoms with Crippen LogP contribution in [0.1, 0.15) is 54.9 Å². The van der Waals surface area contributed by atoms with Crippen molar-refractivity contribution in [1.29, 1.82) is 0 Å². The normalized spacial score (nSPS) is 19.2. The van der Waals surface area contributed by atoms with E-state index in [1.54, 1.807) is 62.4 Å². The Hall–Kier alpha value is -2.84. The van der Waals surface area contributed by atoms with E-state index in [2.05, 4.69) is 4.98 Å². The molecule has 0 aliphatic heterocycles. The van der Waals surface area contributed by atoms with Crippen LogP contribution in [0.5, 0.6) is 5.75 Å². The topological polar surface area (TPSA) is 109 Å². The van der Waals surface area contributed by atoms with Crippen molar-refractivity contribution >= 4 is 0 Å². The first-order chi connectivity index (χ1) is 17.4. The van der Waals surface area contributed by atoms with Gasteiger partial charge in [-0.25, -0.2) is 4.39 Å². The molecule has 2 aliphatic rings. The predicted molar refractivity (Wildman–Crippen MR) is 136 cm³/mol. The number of hydrogen-bond acceptors (Lipinski definition) is 6. The van der Waals surface area contributed by atoms with Gasteiger partial charge in [-0.2, -0.15) is 0 Å². The molecule has 6 nitrogen and oxygen atoms in total. The third kappa shape index (κ3) is 6.89. The lowest BCUT2D eigenvalue weighted by Crippen LogP contribution is -2.15. The van der Waals surface area contributed by atoms with E-state index in [1.807, 2.05) is 18.2 Å². The molecule has 192 valence electrons. The highest BCUT2D eigenvalue weighted by Gasteiger charge is 2.30. The molecule has 0 saturated heterocycles. The van der Waals surface area contributed by atoms with Gasteiger partial charge in [-0.3, -0.25) is 4.98 Å². The summed E-state index contributed by atoms with van der Waals surface area (Å²) in [4.78, 5) is 3.72. The summed E-state index contributed by atoms with van der Waals surface area (Å²) in [6.45, 7) is 0.0502. The predicted octanol–water partition coefficient (Wildman–Crippen LogP) is 4.51. The smallest absolute Gasteiger partial charge is 0.186 e. The van der Waals surface area contributed by atoms with Gasteiger partial charge in [0.1, 0.15) is 18.2 Å². The average molecular weight is 495 g/mol. The second-order valence-corrected chi connectivity index (χ2v) is 9.75. The fraction of sp³-hybridized carbons (Fsp3) is 0.414. The second-order valence-electron chi connectivity index (χ2n) is 9.75. The molecule has 5 N–H and O–H groups in total. The molecule has 0 radical (unpaired) electrons.